The van der Waals surface area contributed by atoms with Crippen LogP contribution in [0.3, 0.4) is 0 Å². The van der Waals surface area contributed by atoms with Gasteiger partial charge in [0.15, 0.2) is 11.5 Å². The van der Waals surface area contributed by atoms with Gasteiger partial charge in [-0.25, -0.2) is 4.39 Å². The molecule has 5 aliphatic rings. The van der Waals surface area contributed by atoms with E-state index in [1.54, 1.807) is 12.1 Å². The Morgan fingerprint density at radius 3 is 2.45 bits per heavy atom. The van der Waals surface area contributed by atoms with Crippen molar-refractivity contribution in [3.05, 3.63) is 46.8 Å². The molecule has 4 aliphatic heterocycles. The fourth-order valence-corrected chi connectivity index (χ4v) is 6.62. The predicted molar refractivity (Wildman–Crippen MR) is 155 cm³/mol. The van der Waals surface area contributed by atoms with Gasteiger partial charge in [0.25, 0.3) is 5.91 Å². The smallest absolute Gasteiger partial charge is 0.399 e. The number of aliphatic imine (C=N–C) groups is 1. The van der Waals surface area contributed by atoms with Crippen LogP contribution in [0, 0.1) is 17.1 Å². The van der Waals surface area contributed by atoms with Crippen molar-refractivity contribution in [1.82, 2.24) is 5.32 Å². The third-order valence-corrected chi connectivity index (χ3v) is 9.80. The summed E-state index contributed by atoms with van der Waals surface area (Å²) in [6.07, 6.45) is -1.56. The quantitative estimate of drug-likeness (QED) is 0.510. The van der Waals surface area contributed by atoms with E-state index in [9.17, 15) is 18.8 Å². The summed E-state index contributed by atoms with van der Waals surface area (Å²) in [6.45, 7) is 9.86. The molecular weight excluding hydrogens is 576 g/mol. The Hall–Kier alpha value is -3.76. The maximum Gasteiger partial charge on any atom is 0.586 e. The highest BCUT2D eigenvalue weighted by Gasteiger charge is 2.53. The molecule has 0 aromatic heterocycles. The summed E-state index contributed by atoms with van der Waals surface area (Å²) in [4.78, 5) is 20.3. The highest BCUT2D eigenvalue weighted by atomic mass is 19.3. The lowest BCUT2D eigenvalue weighted by Gasteiger charge is -2.42. The van der Waals surface area contributed by atoms with Crippen LogP contribution in [0.15, 0.2) is 29.3 Å². The molecule has 1 spiro atoms. The number of amides is 1. The minimum atomic E-state index is -3.75. The first-order valence-corrected chi connectivity index (χ1v) is 14.8. The zero-order chi connectivity index (χ0) is 31.4. The maximum atomic E-state index is 15.4. The van der Waals surface area contributed by atoms with Crippen molar-refractivity contribution in [1.29, 1.82) is 5.26 Å². The molecule has 1 aliphatic carbocycles. The Morgan fingerprint density at radius 1 is 1.11 bits per heavy atom. The fraction of sp³-hybridized carbons (Fsp3) is 0.516. The van der Waals surface area contributed by atoms with Gasteiger partial charge in [0.05, 0.1) is 16.9 Å². The first-order valence-electron chi connectivity index (χ1n) is 14.8. The zero-order valence-electron chi connectivity index (χ0n) is 25.1. The van der Waals surface area contributed by atoms with Crippen molar-refractivity contribution >= 4 is 30.0 Å². The van der Waals surface area contributed by atoms with Crippen LogP contribution in [-0.4, -0.2) is 54.5 Å². The van der Waals surface area contributed by atoms with E-state index in [2.05, 4.69) is 10.1 Å². The lowest BCUT2D eigenvalue weighted by Crippen LogP contribution is -2.53. The van der Waals surface area contributed by atoms with Crippen molar-refractivity contribution in [2.24, 2.45) is 4.99 Å². The number of anilines is 1. The van der Waals surface area contributed by atoms with E-state index < -0.39 is 36.0 Å². The van der Waals surface area contributed by atoms with Gasteiger partial charge in [-0.05, 0) is 89.5 Å². The van der Waals surface area contributed by atoms with E-state index in [0.29, 0.717) is 41.1 Å². The van der Waals surface area contributed by atoms with Crippen molar-refractivity contribution in [2.45, 2.75) is 95.3 Å². The number of nitriles is 1. The van der Waals surface area contributed by atoms with Crippen LogP contribution in [0.4, 0.5) is 18.9 Å². The van der Waals surface area contributed by atoms with E-state index >= 15 is 4.39 Å². The standard InChI is InChI=1S/C31H32BF3N4O5/c1-16-14-30(27(40)37-26(38-30)19-8-9-23-25(24(19)17-6-7-17)42-31(34,35)41-23)10-11-39(16)22-13-18(12-21(33)20(22)15-36)32-43-28(2,3)29(4,5)44-32/h8-9,12-13,16-17H,6-7,10-11,14H2,1-5H3,(H,37,38,40)/t16-,30+/m0/s1. The molecule has 2 aromatic carbocycles. The highest BCUT2D eigenvalue weighted by Crippen LogP contribution is 2.54. The van der Waals surface area contributed by atoms with Crippen LogP contribution in [-0.2, 0) is 14.1 Å². The number of hydrogen-bond donors (Lipinski definition) is 1. The van der Waals surface area contributed by atoms with E-state index in [1.807, 2.05) is 45.6 Å². The molecule has 7 rings (SSSR count). The van der Waals surface area contributed by atoms with Crippen LogP contribution < -0.4 is 25.2 Å². The van der Waals surface area contributed by atoms with Crippen molar-refractivity contribution < 1.29 is 36.7 Å². The number of alkyl halides is 2. The Labute approximate surface area is 253 Å². The van der Waals surface area contributed by atoms with Crippen molar-refractivity contribution in [3.63, 3.8) is 0 Å². The van der Waals surface area contributed by atoms with Crippen LogP contribution in [0.25, 0.3) is 0 Å². The molecule has 1 amide bonds. The number of halogens is 3. The zero-order valence-corrected chi connectivity index (χ0v) is 25.1. The Bertz CT molecular complexity index is 1650. The molecule has 0 unspecified atom stereocenters. The number of nitrogens with one attached hydrogen (secondary N) is 1. The van der Waals surface area contributed by atoms with Crippen molar-refractivity contribution in [3.8, 4) is 17.6 Å². The number of benzene rings is 2. The summed E-state index contributed by atoms with van der Waals surface area (Å²) in [7, 11) is -0.817. The number of carbonyl (C=O) groups is 1. The molecule has 0 bridgehead atoms. The van der Waals surface area contributed by atoms with Gasteiger partial charge in [0, 0.05) is 30.1 Å². The lowest BCUT2D eigenvalue weighted by molar-refractivity contribution is -0.286. The maximum absolute atomic E-state index is 15.4. The molecule has 1 saturated carbocycles. The Morgan fingerprint density at radius 2 is 1.82 bits per heavy atom. The van der Waals surface area contributed by atoms with Gasteiger partial charge in [-0.15, -0.1) is 8.78 Å². The molecule has 44 heavy (non-hydrogen) atoms. The molecule has 1 N–H and O–H groups in total. The molecule has 2 aromatic rings. The van der Waals surface area contributed by atoms with Crippen LogP contribution in [0.2, 0.25) is 0 Å². The first kappa shape index (κ1) is 29.0. The summed E-state index contributed by atoms with van der Waals surface area (Å²) in [5.74, 6) is -0.700. The Balaban J connectivity index is 1.19. The second kappa shape index (κ2) is 9.38. The van der Waals surface area contributed by atoms with E-state index in [1.165, 1.54) is 12.1 Å². The first-order chi connectivity index (χ1) is 20.6. The molecule has 3 fully saturated rings. The molecule has 9 nitrogen and oxygen atoms in total. The average Bonchev–Trinajstić information content (AvgIpc) is 3.59. The number of piperidine rings is 1. The molecule has 230 valence electrons. The van der Waals surface area contributed by atoms with Crippen molar-refractivity contribution in [2.75, 3.05) is 11.4 Å². The summed E-state index contributed by atoms with van der Waals surface area (Å²) < 4.78 is 65.0. The molecule has 0 radical (unpaired) electrons. The second-order valence-electron chi connectivity index (χ2n) is 13.3. The normalized spacial score (nSPS) is 27.8. The molecule has 4 heterocycles. The van der Waals surface area contributed by atoms with Gasteiger partial charge in [-0.2, -0.15) is 5.26 Å². The number of fused-ring (bicyclic) bond motifs is 1. The van der Waals surface area contributed by atoms with Gasteiger partial charge < -0.3 is 29.0 Å². The summed E-state index contributed by atoms with van der Waals surface area (Å²) in [6, 6.07) is 7.74. The fourth-order valence-electron chi connectivity index (χ4n) is 6.62. The number of amidine groups is 1. The Kier molecular flexibility index (Phi) is 6.18. The topological polar surface area (TPSA) is 105 Å². The number of nitrogens with zero attached hydrogens (tertiary/aromatic N) is 3. The van der Waals surface area contributed by atoms with Crippen LogP contribution in [0.5, 0.6) is 11.5 Å². The average molecular weight is 608 g/mol. The van der Waals surface area contributed by atoms with Crippen LogP contribution in [0.1, 0.15) is 82.9 Å². The number of carbonyl (C=O) groups excluding carboxylic acids is 1. The lowest BCUT2D eigenvalue weighted by atomic mass is 9.77. The predicted octanol–water partition coefficient (Wildman–Crippen LogP) is 4.50. The third kappa shape index (κ3) is 4.45. The van der Waals surface area contributed by atoms with E-state index in [0.717, 1.165) is 12.8 Å². The third-order valence-electron chi connectivity index (χ3n) is 9.80. The van der Waals surface area contributed by atoms with Crippen LogP contribution >= 0.6 is 0 Å². The van der Waals surface area contributed by atoms with E-state index in [-0.39, 0.29) is 41.4 Å². The molecule has 2 saturated heterocycles. The molecule has 13 heteroatoms. The van der Waals surface area contributed by atoms with Gasteiger partial charge in [0.1, 0.15) is 28.8 Å². The van der Waals surface area contributed by atoms with Gasteiger partial charge in [-0.1, -0.05) is 0 Å². The summed E-state index contributed by atoms with van der Waals surface area (Å²) >= 11 is 0. The SMILES string of the molecule is C[C@H]1C[C@@]2(CCN1c1cc(B3OC(C)(C)C(C)(C)O3)cc(F)c1C#N)N=C(c1ccc3c(c1C1CC1)OC(F)(F)O3)NC2=O. The van der Waals surface area contributed by atoms with E-state index in [4.69, 9.17) is 19.0 Å². The molecular formula is C31H32BF3N4O5. The number of rotatable bonds is 4. The second-order valence-corrected chi connectivity index (χ2v) is 13.3. The van der Waals surface area contributed by atoms with Gasteiger partial charge in [0.2, 0.25) is 0 Å². The summed E-state index contributed by atoms with van der Waals surface area (Å²) in [5, 5.41) is 12.8. The monoisotopic (exact) mass is 608 g/mol. The van der Waals surface area contributed by atoms with Gasteiger partial charge in [-0.3, -0.25) is 9.79 Å². The number of hydrogen-bond acceptors (Lipinski definition) is 8. The largest absolute Gasteiger partial charge is 0.586 e. The minimum absolute atomic E-state index is 0.00456. The van der Waals surface area contributed by atoms with Gasteiger partial charge >= 0.3 is 13.4 Å². The highest BCUT2D eigenvalue weighted by molar-refractivity contribution is 6.62. The number of ether oxygens (including phenoxy) is 2. The summed E-state index contributed by atoms with van der Waals surface area (Å²) in [5.41, 5.74) is -0.502. The minimum Gasteiger partial charge on any atom is -0.399 e. The molecule has 2 atom stereocenters.